The fourth-order valence-corrected chi connectivity index (χ4v) is 2.40. The van der Waals surface area contributed by atoms with Crippen molar-refractivity contribution < 1.29 is 14.6 Å². The molecule has 0 saturated heterocycles. The number of aromatic nitrogens is 1. The second-order valence-electron chi connectivity index (χ2n) is 4.92. The summed E-state index contributed by atoms with van der Waals surface area (Å²) in [6.07, 6.45) is -0.171. The van der Waals surface area contributed by atoms with Gasteiger partial charge in [0.05, 0.1) is 19.0 Å². The normalized spacial score (nSPS) is 11.0. The average Bonchev–Trinajstić information content (AvgIpc) is 2.37. The van der Waals surface area contributed by atoms with Gasteiger partial charge >= 0.3 is 5.97 Å². The molecule has 1 aromatic heterocycles. The lowest BCUT2D eigenvalue weighted by Crippen LogP contribution is -2.18. The highest BCUT2D eigenvalue weighted by molar-refractivity contribution is 5.82. The summed E-state index contributed by atoms with van der Waals surface area (Å²) in [7, 11) is 1.54. The number of carboxylic acids is 1. The maximum Gasteiger partial charge on any atom is 0.309 e. The lowest BCUT2D eigenvalue weighted by molar-refractivity contribution is -0.136. The van der Waals surface area contributed by atoms with Gasteiger partial charge in [0.1, 0.15) is 5.75 Å². The second kappa shape index (κ2) is 5.36. The molecular weight excluding hydrogens is 258 g/mol. The zero-order valence-electron chi connectivity index (χ0n) is 11.7. The molecule has 0 spiro atoms. The van der Waals surface area contributed by atoms with Crippen LogP contribution >= 0.6 is 0 Å². The molecule has 0 aliphatic carbocycles. The smallest absolute Gasteiger partial charge is 0.309 e. The van der Waals surface area contributed by atoms with Crippen LogP contribution in [-0.2, 0) is 11.2 Å². The number of methoxy groups -OCH3 is 1. The van der Waals surface area contributed by atoms with Crippen LogP contribution in [0.4, 0.5) is 0 Å². The first-order valence-corrected chi connectivity index (χ1v) is 6.38. The first-order chi connectivity index (χ1) is 9.43. The second-order valence-corrected chi connectivity index (χ2v) is 4.92. The van der Waals surface area contributed by atoms with Gasteiger partial charge < -0.3 is 14.4 Å². The first-order valence-electron chi connectivity index (χ1n) is 6.38. The third-order valence-corrected chi connectivity index (χ3v) is 3.18. The van der Waals surface area contributed by atoms with Crippen molar-refractivity contribution in [2.75, 3.05) is 7.11 Å². The van der Waals surface area contributed by atoms with Gasteiger partial charge in [-0.2, -0.15) is 0 Å². The largest absolute Gasteiger partial charge is 0.497 e. The molecule has 2 rings (SSSR count). The van der Waals surface area contributed by atoms with Crippen molar-refractivity contribution in [3.8, 4) is 5.75 Å². The molecule has 1 N–H and O–H groups in total. The van der Waals surface area contributed by atoms with E-state index in [2.05, 4.69) is 0 Å². The van der Waals surface area contributed by atoms with Crippen LogP contribution in [0.1, 0.15) is 25.6 Å². The fourth-order valence-electron chi connectivity index (χ4n) is 2.40. The van der Waals surface area contributed by atoms with Gasteiger partial charge in [-0.05, 0) is 32.0 Å². The molecule has 5 nitrogen and oxygen atoms in total. The monoisotopic (exact) mass is 275 g/mol. The third-order valence-electron chi connectivity index (χ3n) is 3.18. The van der Waals surface area contributed by atoms with Gasteiger partial charge in [0.15, 0.2) is 5.43 Å². The Kier molecular flexibility index (Phi) is 3.79. The molecule has 0 unspecified atom stereocenters. The zero-order chi connectivity index (χ0) is 14.9. The number of hydrogen-bond donors (Lipinski definition) is 1. The Morgan fingerprint density at radius 1 is 1.35 bits per heavy atom. The quantitative estimate of drug-likeness (QED) is 0.929. The van der Waals surface area contributed by atoms with Crippen LogP contribution < -0.4 is 10.2 Å². The molecule has 2 aromatic rings. The maximum absolute atomic E-state index is 12.2. The number of carboxylic acid groups (broad SMARTS) is 1. The van der Waals surface area contributed by atoms with Crippen molar-refractivity contribution in [2.45, 2.75) is 26.3 Å². The number of nitrogens with zero attached hydrogens (tertiary/aromatic N) is 1. The van der Waals surface area contributed by atoms with Crippen molar-refractivity contribution >= 4 is 16.9 Å². The summed E-state index contributed by atoms with van der Waals surface area (Å²) >= 11 is 0. The molecule has 1 heterocycles. The Bertz CT molecular complexity index is 716. The number of benzene rings is 1. The van der Waals surface area contributed by atoms with Gasteiger partial charge in [0, 0.05) is 23.2 Å². The van der Waals surface area contributed by atoms with Gasteiger partial charge in [0.2, 0.25) is 0 Å². The Balaban J connectivity index is 2.81. The van der Waals surface area contributed by atoms with Crippen LogP contribution in [0.3, 0.4) is 0 Å². The highest BCUT2D eigenvalue weighted by atomic mass is 16.5. The number of carbonyl (C=O) groups is 1. The third kappa shape index (κ3) is 2.52. The minimum Gasteiger partial charge on any atom is -0.497 e. The van der Waals surface area contributed by atoms with Gasteiger partial charge in [-0.1, -0.05) is 0 Å². The summed E-state index contributed by atoms with van der Waals surface area (Å²) in [5, 5.41) is 9.52. The van der Waals surface area contributed by atoms with Crippen LogP contribution in [-0.4, -0.2) is 22.8 Å². The highest BCUT2D eigenvalue weighted by Crippen LogP contribution is 2.23. The van der Waals surface area contributed by atoms with Crippen LogP contribution in [0.5, 0.6) is 5.75 Å². The molecule has 0 amide bonds. The molecule has 5 heteroatoms. The summed E-state index contributed by atoms with van der Waals surface area (Å²) in [4.78, 5) is 23.1. The van der Waals surface area contributed by atoms with Crippen LogP contribution in [0.2, 0.25) is 0 Å². The lowest BCUT2D eigenvalue weighted by atomic mass is 10.1. The standard InChI is InChI=1S/C15H17NO4/c1-9(2)16-10(7-15(18)19)6-14(17)12-8-11(20-3)4-5-13(12)16/h4-6,8-9H,7H2,1-3H3,(H,18,19). The fraction of sp³-hybridized carbons (Fsp3) is 0.333. The van der Waals surface area contributed by atoms with E-state index in [0.29, 0.717) is 16.8 Å². The van der Waals surface area contributed by atoms with Gasteiger partial charge in [-0.25, -0.2) is 0 Å². The summed E-state index contributed by atoms with van der Waals surface area (Å²) in [6, 6.07) is 6.70. The van der Waals surface area contributed by atoms with Crippen molar-refractivity contribution in [2.24, 2.45) is 0 Å². The van der Waals surface area contributed by atoms with Crippen molar-refractivity contribution in [1.82, 2.24) is 4.57 Å². The van der Waals surface area contributed by atoms with Gasteiger partial charge in [-0.3, -0.25) is 9.59 Å². The van der Waals surface area contributed by atoms with E-state index in [-0.39, 0.29) is 17.9 Å². The maximum atomic E-state index is 12.2. The Hall–Kier alpha value is -2.30. The van der Waals surface area contributed by atoms with Crippen molar-refractivity contribution in [1.29, 1.82) is 0 Å². The number of ether oxygens (including phenoxy) is 1. The van der Waals surface area contributed by atoms with E-state index in [1.165, 1.54) is 6.07 Å². The lowest BCUT2D eigenvalue weighted by Gasteiger charge is -2.19. The van der Waals surface area contributed by atoms with E-state index >= 15 is 0 Å². The van der Waals surface area contributed by atoms with Crippen molar-refractivity contribution in [3.63, 3.8) is 0 Å². The van der Waals surface area contributed by atoms with Crippen LogP contribution in [0.25, 0.3) is 10.9 Å². The number of fused-ring (bicyclic) bond motifs is 1. The Morgan fingerprint density at radius 3 is 2.60 bits per heavy atom. The predicted molar refractivity (Wildman–Crippen MR) is 76.5 cm³/mol. The number of pyridine rings is 1. The van der Waals surface area contributed by atoms with Crippen molar-refractivity contribution in [3.05, 3.63) is 40.2 Å². The molecule has 1 aromatic carbocycles. The molecule has 20 heavy (non-hydrogen) atoms. The molecule has 0 aliphatic heterocycles. The van der Waals surface area contributed by atoms with E-state index in [1.807, 2.05) is 18.4 Å². The first kappa shape index (κ1) is 14.1. The van der Waals surface area contributed by atoms with E-state index in [4.69, 9.17) is 9.84 Å². The summed E-state index contributed by atoms with van der Waals surface area (Å²) in [5.41, 5.74) is 1.05. The van der Waals surface area contributed by atoms with Crippen LogP contribution in [0.15, 0.2) is 29.1 Å². The number of hydrogen-bond acceptors (Lipinski definition) is 3. The topological polar surface area (TPSA) is 68.5 Å². The zero-order valence-corrected chi connectivity index (χ0v) is 11.7. The van der Waals surface area contributed by atoms with E-state index in [9.17, 15) is 9.59 Å². The van der Waals surface area contributed by atoms with Gasteiger partial charge in [0.25, 0.3) is 0 Å². The minimum atomic E-state index is -0.952. The Labute approximate surface area is 116 Å². The average molecular weight is 275 g/mol. The van der Waals surface area contributed by atoms with E-state index in [1.54, 1.807) is 25.3 Å². The Morgan fingerprint density at radius 2 is 2.05 bits per heavy atom. The molecule has 0 atom stereocenters. The molecule has 0 aliphatic rings. The number of aliphatic carboxylic acids is 1. The highest BCUT2D eigenvalue weighted by Gasteiger charge is 2.14. The molecule has 0 fully saturated rings. The van der Waals surface area contributed by atoms with E-state index in [0.717, 1.165) is 5.52 Å². The summed E-state index contributed by atoms with van der Waals surface area (Å²) < 4.78 is 7.01. The minimum absolute atomic E-state index is 0.0563. The molecule has 0 saturated carbocycles. The van der Waals surface area contributed by atoms with E-state index < -0.39 is 5.97 Å². The van der Waals surface area contributed by atoms with Crippen LogP contribution in [0, 0.1) is 0 Å². The predicted octanol–water partition coefficient (Wildman–Crippen LogP) is 2.22. The summed E-state index contributed by atoms with van der Waals surface area (Å²) in [5.74, 6) is -0.345. The molecule has 106 valence electrons. The SMILES string of the molecule is COc1ccc2c(c1)c(=O)cc(CC(=O)O)n2C(C)C. The molecule has 0 bridgehead atoms. The summed E-state index contributed by atoms with van der Waals surface area (Å²) in [6.45, 7) is 3.92. The number of rotatable bonds is 4. The van der Waals surface area contributed by atoms with Gasteiger partial charge in [-0.15, -0.1) is 0 Å². The molecule has 0 radical (unpaired) electrons. The molecular formula is C15H17NO4.